The van der Waals surface area contributed by atoms with E-state index < -0.39 is 5.97 Å². The Labute approximate surface area is 111 Å². The first-order valence-corrected chi connectivity index (χ1v) is 6.33. The normalized spacial score (nSPS) is 23.0. The van der Waals surface area contributed by atoms with Gasteiger partial charge >= 0.3 is 5.97 Å². The van der Waals surface area contributed by atoms with E-state index in [4.69, 9.17) is 5.11 Å². The minimum absolute atomic E-state index is 0.0959. The summed E-state index contributed by atoms with van der Waals surface area (Å²) in [4.78, 5) is 22.5. The zero-order chi connectivity index (χ0) is 13.8. The SMILES string of the molecule is CC1CCNC(C(=O)Nc2cnn(CC(=O)O)c2)C1. The number of carboxylic acid groups (broad SMARTS) is 1. The van der Waals surface area contributed by atoms with E-state index in [2.05, 4.69) is 22.7 Å². The highest BCUT2D eigenvalue weighted by Crippen LogP contribution is 2.16. The van der Waals surface area contributed by atoms with Crippen molar-refractivity contribution in [2.24, 2.45) is 5.92 Å². The number of aromatic nitrogens is 2. The summed E-state index contributed by atoms with van der Waals surface area (Å²) in [5.41, 5.74) is 0.520. The summed E-state index contributed by atoms with van der Waals surface area (Å²) in [6, 6.07) is -0.188. The maximum atomic E-state index is 12.0. The Morgan fingerprint density at radius 3 is 3.11 bits per heavy atom. The molecule has 1 aliphatic heterocycles. The third-order valence-electron chi connectivity index (χ3n) is 3.18. The second-order valence-corrected chi connectivity index (χ2v) is 4.95. The van der Waals surface area contributed by atoms with Crippen LogP contribution in [-0.4, -0.2) is 39.4 Å². The van der Waals surface area contributed by atoms with Crippen LogP contribution in [0.4, 0.5) is 5.69 Å². The number of nitrogens with one attached hydrogen (secondary N) is 2. The number of hydrogen-bond donors (Lipinski definition) is 3. The molecule has 7 nitrogen and oxygen atoms in total. The van der Waals surface area contributed by atoms with Crippen molar-refractivity contribution in [2.45, 2.75) is 32.4 Å². The molecule has 0 spiro atoms. The number of carbonyl (C=O) groups is 2. The van der Waals surface area contributed by atoms with E-state index >= 15 is 0 Å². The van der Waals surface area contributed by atoms with Crippen molar-refractivity contribution in [1.82, 2.24) is 15.1 Å². The van der Waals surface area contributed by atoms with Gasteiger partial charge in [0.05, 0.1) is 17.9 Å². The molecule has 0 radical (unpaired) electrons. The Kier molecular flexibility index (Phi) is 4.16. The van der Waals surface area contributed by atoms with Crippen LogP contribution in [-0.2, 0) is 16.1 Å². The van der Waals surface area contributed by atoms with Gasteiger partial charge in [-0.25, -0.2) is 0 Å². The van der Waals surface area contributed by atoms with Gasteiger partial charge in [0.1, 0.15) is 6.54 Å². The van der Waals surface area contributed by atoms with Crippen molar-refractivity contribution in [2.75, 3.05) is 11.9 Å². The number of nitrogens with zero attached hydrogens (tertiary/aromatic N) is 2. The lowest BCUT2D eigenvalue weighted by Gasteiger charge is -2.26. The van der Waals surface area contributed by atoms with Crippen LogP contribution in [0.2, 0.25) is 0 Å². The van der Waals surface area contributed by atoms with Crippen LogP contribution >= 0.6 is 0 Å². The molecule has 1 fully saturated rings. The number of carbonyl (C=O) groups excluding carboxylic acids is 1. The lowest BCUT2D eigenvalue weighted by molar-refractivity contribution is -0.137. The molecule has 1 aromatic heterocycles. The quantitative estimate of drug-likeness (QED) is 0.728. The van der Waals surface area contributed by atoms with Crippen molar-refractivity contribution in [3.05, 3.63) is 12.4 Å². The van der Waals surface area contributed by atoms with E-state index in [9.17, 15) is 9.59 Å². The highest BCUT2D eigenvalue weighted by molar-refractivity contribution is 5.94. The molecule has 2 unspecified atom stereocenters. The first-order chi connectivity index (χ1) is 9.04. The van der Waals surface area contributed by atoms with Gasteiger partial charge in [0, 0.05) is 6.20 Å². The fourth-order valence-electron chi connectivity index (χ4n) is 2.19. The second-order valence-electron chi connectivity index (χ2n) is 4.95. The molecule has 2 heterocycles. The molecule has 104 valence electrons. The first-order valence-electron chi connectivity index (χ1n) is 6.33. The van der Waals surface area contributed by atoms with E-state index in [0.717, 1.165) is 19.4 Å². The summed E-state index contributed by atoms with van der Waals surface area (Å²) >= 11 is 0. The Morgan fingerprint density at radius 1 is 1.63 bits per heavy atom. The molecule has 1 aliphatic rings. The molecule has 3 N–H and O–H groups in total. The van der Waals surface area contributed by atoms with Crippen LogP contribution in [0, 0.1) is 5.92 Å². The topological polar surface area (TPSA) is 96.3 Å². The van der Waals surface area contributed by atoms with Crippen LogP contribution < -0.4 is 10.6 Å². The van der Waals surface area contributed by atoms with Crippen LogP contribution in [0.1, 0.15) is 19.8 Å². The highest BCUT2D eigenvalue weighted by atomic mass is 16.4. The van der Waals surface area contributed by atoms with E-state index in [1.54, 1.807) is 0 Å². The number of piperidine rings is 1. The van der Waals surface area contributed by atoms with Crippen LogP contribution in [0.15, 0.2) is 12.4 Å². The maximum Gasteiger partial charge on any atom is 0.325 e. The van der Waals surface area contributed by atoms with Gasteiger partial charge in [-0.1, -0.05) is 6.92 Å². The summed E-state index contributed by atoms with van der Waals surface area (Å²) in [5, 5.41) is 18.4. The molecule has 1 aromatic rings. The van der Waals surface area contributed by atoms with E-state index in [1.807, 2.05) is 0 Å². The molecule has 0 bridgehead atoms. The third kappa shape index (κ3) is 3.78. The predicted octanol–water partition coefficient (Wildman–Crippen LogP) is 0.294. The van der Waals surface area contributed by atoms with Crippen LogP contribution in [0.25, 0.3) is 0 Å². The average Bonchev–Trinajstić information content (AvgIpc) is 2.75. The maximum absolute atomic E-state index is 12.0. The van der Waals surface area contributed by atoms with Gasteiger partial charge in [0.2, 0.25) is 5.91 Å². The standard InChI is InChI=1S/C12H18N4O3/c1-8-2-3-13-10(4-8)12(19)15-9-5-14-16(6-9)7-11(17)18/h5-6,8,10,13H,2-4,7H2,1H3,(H,15,19)(H,17,18). The first kappa shape index (κ1) is 13.5. The van der Waals surface area contributed by atoms with Gasteiger partial charge in [-0.3, -0.25) is 14.3 Å². The fraction of sp³-hybridized carbons (Fsp3) is 0.583. The molecule has 1 amide bonds. The number of hydrogen-bond acceptors (Lipinski definition) is 4. The predicted molar refractivity (Wildman–Crippen MR) is 68.7 cm³/mol. The number of carboxylic acids is 1. The average molecular weight is 266 g/mol. The Hall–Kier alpha value is -1.89. The van der Waals surface area contributed by atoms with Gasteiger partial charge in [-0.2, -0.15) is 5.10 Å². The number of rotatable bonds is 4. The molecular formula is C12H18N4O3. The summed E-state index contributed by atoms with van der Waals surface area (Å²) in [5.74, 6) is -0.531. The summed E-state index contributed by atoms with van der Waals surface area (Å²) < 4.78 is 1.27. The molecule has 0 aliphatic carbocycles. The van der Waals surface area contributed by atoms with Gasteiger partial charge in [0.15, 0.2) is 0 Å². The van der Waals surface area contributed by atoms with Crippen molar-refractivity contribution in [3.8, 4) is 0 Å². The zero-order valence-electron chi connectivity index (χ0n) is 10.8. The lowest BCUT2D eigenvalue weighted by atomic mass is 9.94. The molecule has 7 heteroatoms. The van der Waals surface area contributed by atoms with E-state index in [-0.39, 0.29) is 18.5 Å². The lowest BCUT2D eigenvalue weighted by Crippen LogP contribution is -2.45. The zero-order valence-corrected chi connectivity index (χ0v) is 10.8. The molecule has 2 rings (SSSR count). The van der Waals surface area contributed by atoms with Crippen molar-refractivity contribution in [3.63, 3.8) is 0 Å². The molecule has 19 heavy (non-hydrogen) atoms. The van der Waals surface area contributed by atoms with Gasteiger partial charge in [-0.15, -0.1) is 0 Å². The van der Waals surface area contributed by atoms with Crippen molar-refractivity contribution in [1.29, 1.82) is 0 Å². The molecule has 0 aromatic carbocycles. The van der Waals surface area contributed by atoms with Gasteiger partial charge < -0.3 is 15.7 Å². The van der Waals surface area contributed by atoms with E-state index in [1.165, 1.54) is 17.1 Å². The molecular weight excluding hydrogens is 248 g/mol. The van der Waals surface area contributed by atoms with Crippen LogP contribution in [0.5, 0.6) is 0 Å². The van der Waals surface area contributed by atoms with E-state index in [0.29, 0.717) is 11.6 Å². The van der Waals surface area contributed by atoms with Gasteiger partial charge in [0.25, 0.3) is 0 Å². The monoisotopic (exact) mass is 266 g/mol. The molecule has 2 atom stereocenters. The summed E-state index contributed by atoms with van der Waals surface area (Å²) in [6.45, 7) is 2.76. The number of anilines is 1. The van der Waals surface area contributed by atoms with Gasteiger partial charge in [-0.05, 0) is 25.3 Å². The number of amides is 1. The summed E-state index contributed by atoms with van der Waals surface area (Å²) in [6.07, 6.45) is 4.86. The molecule has 1 saturated heterocycles. The number of aliphatic carboxylic acids is 1. The minimum Gasteiger partial charge on any atom is -0.480 e. The minimum atomic E-state index is -0.969. The van der Waals surface area contributed by atoms with Crippen molar-refractivity contribution >= 4 is 17.6 Å². The smallest absolute Gasteiger partial charge is 0.325 e. The van der Waals surface area contributed by atoms with Crippen molar-refractivity contribution < 1.29 is 14.7 Å². The Balaban J connectivity index is 1.91. The fourth-order valence-corrected chi connectivity index (χ4v) is 2.19. The highest BCUT2D eigenvalue weighted by Gasteiger charge is 2.24. The Bertz CT molecular complexity index is 471. The third-order valence-corrected chi connectivity index (χ3v) is 3.18. The Morgan fingerprint density at radius 2 is 2.42 bits per heavy atom. The molecule has 0 saturated carbocycles. The summed E-state index contributed by atoms with van der Waals surface area (Å²) in [7, 11) is 0. The largest absolute Gasteiger partial charge is 0.480 e. The van der Waals surface area contributed by atoms with Crippen LogP contribution in [0.3, 0.4) is 0 Å². The second kappa shape index (κ2) is 5.83.